The van der Waals surface area contributed by atoms with Gasteiger partial charge in [0.2, 0.25) is 0 Å². The lowest BCUT2D eigenvalue weighted by atomic mass is 9.95. The zero-order valence-corrected chi connectivity index (χ0v) is 25.3. The summed E-state index contributed by atoms with van der Waals surface area (Å²) in [6, 6.07) is 19.6. The minimum atomic E-state index is -0.690. The number of allylic oxidation sites excluding steroid dienone is 1. The molecule has 1 atom stereocenters. The second-order valence-electron chi connectivity index (χ2n) is 9.14. The summed E-state index contributed by atoms with van der Waals surface area (Å²) in [4.78, 5) is 32.9. The van der Waals surface area contributed by atoms with E-state index in [-0.39, 0.29) is 11.5 Å². The van der Waals surface area contributed by atoms with Gasteiger partial charge in [0.25, 0.3) is 11.5 Å². The van der Waals surface area contributed by atoms with Crippen molar-refractivity contribution in [3.05, 3.63) is 113 Å². The number of rotatable bonds is 8. The lowest BCUT2D eigenvalue weighted by molar-refractivity contribution is -0.113. The third-order valence-electron chi connectivity index (χ3n) is 6.56. The number of methoxy groups -OCH3 is 2. The van der Waals surface area contributed by atoms with E-state index in [4.69, 9.17) is 19.2 Å². The molecule has 0 saturated carbocycles. The van der Waals surface area contributed by atoms with Crippen LogP contribution in [-0.2, 0) is 4.79 Å². The molecular formula is C31H28BrN3O5S. The molecule has 8 nitrogen and oxygen atoms in total. The lowest BCUT2D eigenvalue weighted by Gasteiger charge is -2.25. The fourth-order valence-electron chi connectivity index (χ4n) is 4.72. The summed E-state index contributed by atoms with van der Waals surface area (Å²) in [5.41, 5.74) is 2.85. The molecule has 210 valence electrons. The zero-order chi connectivity index (χ0) is 29.1. The number of hydrogen-bond donors (Lipinski definition) is 1. The molecule has 1 aliphatic rings. The van der Waals surface area contributed by atoms with E-state index in [1.54, 1.807) is 31.8 Å². The summed E-state index contributed by atoms with van der Waals surface area (Å²) in [5.74, 6) is 1.49. The predicted molar refractivity (Wildman–Crippen MR) is 164 cm³/mol. The summed E-state index contributed by atoms with van der Waals surface area (Å²) < 4.78 is 19.3. The van der Waals surface area contributed by atoms with Crippen LogP contribution in [0.3, 0.4) is 0 Å². The van der Waals surface area contributed by atoms with Crippen molar-refractivity contribution in [1.82, 2.24) is 4.57 Å². The van der Waals surface area contributed by atoms with Gasteiger partial charge in [-0.3, -0.25) is 14.2 Å². The number of benzene rings is 3. The molecule has 0 aliphatic carbocycles. The average Bonchev–Trinajstić information content (AvgIpc) is 3.26. The minimum Gasteiger partial charge on any atom is -0.497 e. The van der Waals surface area contributed by atoms with Crippen molar-refractivity contribution < 1.29 is 19.0 Å². The van der Waals surface area contributed by atoms with Crippen LogP contribution in [0.4, 0.5) is 5.69 Å². The molecule has 0 radical (unpaired) electrons. The Bertz CT molecular complexity index is 1810. The molecule has 1 aromatic heterocycles. The summed E-state index contributed by atoms with van der Waals surface area (Å²) in [6.07, 6.45) is 1.80. The van der Waals surface area contributed by atoms with Crippen molar-refractivity contribution in [2.75, 3.05) is 26.1 Å². The number of anilines is 1. The number of carbonyl (C=O) groups excluding carboxylic acids is 1. The Morgan fingerprint density at radius 1 is 1.10 bits per heavy atom. The summed E-state index contributed by atoms with van der Waals surface area (Å²) >= 11 is 4.81. The molecule has 0 fully saturated rings. The highest BCUT2D eigenvalue weighted by molar-refractivity contribution is 9.10. The van der Waals surface area contributed by atoms with Crippen LogP contribution in [0.1, 0.15) is 31.0 Å². The first kappa shape index (κ1) is 28.4. The third kappa shape index (κ3) is 5.71. The van der Waals surface area contributed by atoms with E-state index >= 15 is 0 Å². The Labute approximate surface area is 249 Å². The quantitative estimate of drug-likeness (QED) is 0.293. The number of hydrogen-bond acceptors (Lipinski definition) is 7. The minimum absolute atomic E-state index is 0.253. The van der Waals surface area contributed by atoms with Gasteiger partial charge < -0.3 is 19.5 Å². The number of nitrogens with zero attached hydrogens (tertiary/aromatic N) is 2. The molecule has 10 heteroatoms. The number of thiazole rings is 1. The summed E-state index contributed by atoms with van der Waals surface area (Å²) in [5, 5.41) is 2.96. The van der Waals surface area contributed by atoms with Crippen molar-refractivity contribution in [3.63, 3.8) is 0 Å². The van der Waals surface area contributed by atoms with E-state index in [9.17, 15) is 9.59 Å². The van der Waals surface area contributed by atoms with Crippen LogP contribution in [0.2, 0.25) is 0 Å². The summed E-state index contributed by atoms with van der Waals surface area (Å²) in [6.45, 7) is 4.15. The van der Waals surface area contributed by atoms with Crippen molar-refractivity contribution >= 4 is 44.9 Å². The van der Waals surface area contributed by atoms with Crippen molar-refractivity contribution in [2.45, 2.75) is 19.9 Å². The maximum atomic E-state index is 14.0. The molecule has 1 N–H and O–H groups in total. The number of carbonyl (C=O) groups is 1. The molecule has 4 aromatic rings. The smallest absolute Gasteiger partial charge is 0.271 e. The Kier molecular flexibility index (Phi) is 8.41. The third-order valence-corrected chi connectivity index (χ3v) is 8.14. The molecule has 0 unspecified atom stereocenters. The molecular weight excluding hydrogens is 606 g/mol. The van der Waals surface area contributed by atoms with E-state index in [0.717, 1.165) is 11.1 Å². The summed E-state index contributed by atoms with van der Waals surface area (Å²) in [7, 11) is 3.17. The van der Waals surface area contributed by atoms with E-state index < -0.39 is 6.04 Å². The highest BCUT2D eigenvalue weighted by atomic mass is 79.9. The fraction of sp³-hybridized carbons (Fsp3) is 0.194. The topological polar surface area (TPSA) is 91.2 Å². The molecule has 5 rings (SSSR count). The first-order valence-corrected chi connectivity index (χ1v) is 14.5. The monoisotopic (exact) mass is 633 g/mol. The number of ether oxygens (including phenoxy) is 3. The van der Waals surface area contributed by atoms with Crippen molar-refractivity contribution in [2.24, 2.45) is 4.99 Å². The van der Waals surface area contributed by atoms with E-state index in [1.807, 2.05) is 73.7 Å². The first-order chi connectivity index (χ1) is 19.8. The molecule has 1 amide bonds. The molecule has 0 saturated heterocycles. The van der Waals surface area contributed by atoms with Gasteiger partial charge >= 0.3 is 0 Å². The van der Waals surface area contributed by atoms with Gasteiger partial charge in [0, 0.05) is 5.69 Å². The molecule has 0 bridgehead atoms. The van der Waals surface area contributed by atoms with Crippen LogP contribution < -0.4 is 34.4 Å². The fourth-order valence-corrected chi connectivity index (χ4v) is 6.39. The second-order valence-corrected chi connectivity index (χ2v) is 11.0. The zero-order valence-electron chi connectivity index (χ0n) is 22.9. The molecule has 3 aromatic carbocycles. The molecule has 2 heterocycles. The van der Waals surface area contributed by atoms with Gasteiger partial charge in [0.05, 0.1) is 47.1 Å². The van der Waals surface area contributed by atoms with Crippen molar-refractivity contribution in [1.29, 1.82) is 0 Å². The number of nitrogens with one attached hydrogen (secondary N) is 1. The Balaban J connectivity index is 1.66. The van der Waals surface area contributed by atoms with Crippen LogP contribution in [0.5, 0.6) is 17.2 Å². The van der Waals surface area contributed by atoms with Gasteiger partial charge in [-0.25, -0.2) is 4.99 Å². The van der Waals surface area contributed by atoms with Gasteiger partial charge in [-0.15, -0.1) is 0 Å². The maximum Gasteiger partial charge on any atom is 0.271 e. The van der Waals surface area contributed by atoms with E-state index in [2.05, 4.69) is 21.2 Å². The number of halogens is 1. The van der Waals surface area contributed by atoms with Crippen LogP contribution in [0.15, 0.2) is 92.3 Å². The Morgan fingerprint density at radius 2 is 1.83 bits per heavy atom. The second kappa shape index (κ2) is 12.2. The van der Waals surface area contributed by atoms with Crippen molar-refractivity contribution in [3.8, 4) is 17.2 Å². The van der Waals surface area contributed by atoms with Gasteiger partial charge in [-0.2, -0.15) is 0 Å². The molecule has 1 aliphatic heterocycles. The van der Waals surface area contributed by atoms with Gasteiger partial charge in [-0.05, 0) is 83.4 Å². The standard InChI is InChI=1S/C31H28BrN3O5S/c1-5-40-24-16-19(15-23(32)28(24)39-4)17-25-30(37)35-27(20-11-13-22(38-3)14-12-20)26(18(2)33-31(35)41-25)29(36)34-21-9-7-6-8-10-21/h6-17,27H,5H2,1-4H3,(H,34,36)/b25-17+/t27-/m1/s1. The lowest BCUT2D eigenvalue weighted by Crippen LogP contribution is -2.40. The predicted octanol–water partition coefficient (Wildman–Crippen LogP) is 5.05. The largest absolute Gasteiger partial charge is 0.497 e. The van der Waals surface area contributed by atoms with Crippen LogP contribution in [0.25, 0.3) is 6.08 Å². The number of aromatic nitrogens is 1. The normalized spacial score (nSPS) is 14.8. The van der Waals surface area contributed by atoms with Crippen LogP contribution >= 0.6 is 27.3 Å². The van der Waals surface area contributed by atoms with E-state index in [0.29, 0.717) is 54.6 Å². The maximum absolute atomic E-state index is 14.0. The van der Waals surface area contributed by atoms with Crippen LogP contribution in [-0.4, -0.2) is 31.3 Å². The molecule has 0 spiro atoms. The number of para-hydroxylation sites is 1. The Hall–Kier alpha value is -4.15. The van der Waals surface area contributed by atoms with Crippen LogP contribution in [0, 0.1) is 0 Å². The number of amides is 1. The van der Waals surface area contributed by atoms with Gasteiger partial charge in [-0.1, -0.05) is 41.7 Å². The molecule has 41 heavy (non-hydrogen) atoms. The average molecular weight is 635 g/mol. The highest BCUT2D eigenvalue weighted by Crippen LogP contribution is 2.37. The van der Waals surface area contributed by atoms with Gasteiger partial charge in [0.15, 0.2) is 16.3 Å². The first-order valence-electron chi connectivity index (χ1n) is 12.9. The number of fused-ring (bicyclic) bond motifs is 1. The van der Waals surface area contributed by atoms with E-state index in [1.165, 1.54) is 11.3 Å². The van der Waals surface area contributed by atoms with Gasteiger partial charge in [0.1, 0.15) is 5.75 Å². The SMILES string of the molecule is CCOc1cc(/C=c2/sc3n(c2=O)[C@H](c2ccc(OC)cc2)C(C(=O)Nc2ccccc2)=C(C)N=3)cc(Br)c1OC. The Morgan fingerprint density at radius 3 is 2.49 bits per heavy atom. The highest BCUT2D eigenvalue weighted by Gasteiger charge is 2.32.